The zero-order chi connectivity index (χ0) is 20.4. The predicted molar refractivity (Wildman–Crippen MR) is 118 cm³/mol. The lowest BCUT2D eigenvalue weighted by atomic mass is 9.94. The Hall–Kier alpha value is -3.11. The lowest BCUT2D eigenvalue weighted by Gasteiger charge is -2.24. The van der Waals surface area contributed by atoms with Crippen LogP contribution in [0.5, 0.6) is 0 Å². The maximum atomic E-state index is 13.5. The molecule has 0 amide bonds. The largest absolute Gasteiger partial charge is 0.265 e. The standard InChI is InChI=1S/C25H23NO2S/c1-19-13-15-24(16-14-19)29(27,28)26-18-23(20(2)21-9-5-3-6-10-21)17-25(26)22-11-7-4-8-12-22/h3-17,23H,2,18H2,1H3/t23-/m0/s1. The van der Waals surface area contributed by atoms with Gasteiger partial charge in [0.05, 0.1) is 10.6 Å². The van der Waals surface area contributed by atoms with Gasteiger partial charge in [0, 0.05) is 12.5 Å². The zero-order valence-corrected chi connectivity index (χ0v) is 17.1. The van der Waals surface area contributed by atoms with E-state index in [0.717, 1.165) is 22.3 Å². The van der Waals surface area contributed by atoms with Crippen molar-refractivity contribution in [2.75, 3.05) is 6.54 Å². The summed E-state index contributed by atoms with van der Waals surface area (Å²) in [7, 11) is -3.68. The van der Waals surface area contributed by atoms with Crippen LogP contribution in [-0.2, 0) is 10.0 Å². The lowest BCUT2D eigenvalue weighted by molar-refractivity contribution is 0.512. The van der Waals surface area contributed by atoms with Crippen LogP contribution < -0.4 is 0 Å². The Kier molecular flexibility index (Phi) is 5.12. The highest BCUT2D eigenvalue weighted by Crippen LogP contribution is 2.38. The van der Waals surface area contributed by atoms with E-state index < -0.39 is 10.0 Å². The van der Waals surface area contributed by atoms with Gasteiger partial charge in [-0.3, -0.25) is 4.31 Å². The zero-order valence-electron chi connectivity index (χ0n) is 16.3. The third-order valence-electron chi connectivity index (χ3n) is 5.26. The minimum absolute atomic E-state index is 0.0900. The summed E-state index contributed by atoms with van der Waals surface area (Å²) < 4.78 is 28.5. The fourth-order valence-corrected chi connectivity index (χ4v) is 5.11. The summed E-state index contributed by atoms with van der Waals surface area (Å²) in [5, 5.41) is 0. The van der Waals surface area contributed by atoms with Gasteiger partial charge in [0.2, 0.25) is 0 Å². The van der Waals surface area contributed by atoms with Gasteiger partial charge < -0.3 is 0 Å². The van der Waals surface area contributed by atoms with Crippen molar-refractivity contribution in [3.63, 3.8) is 0 Å². The molecule has 29 heavy (non-hydrogen) atoms. The minimum Gasteiger partial charge on any atom is -0.265 e. The SMILES string of the molecule is C=C(c1ccccc1)[C@H]1C=C(c2ccccc2)N(S(=O)(=O)c2ccc(C)cc2)C1. The van der Waals surface area contributed by atoms with Crippen molar-refractivity contribution in [2.45, 2.75) is 11.8 Å². The smallest absolute Gasteiger partial charge is 0.264 e. The number of hydrogen-bond donors (Lipinski definition) is 0. The van der Waals surface area contributed by atoms with E-state index >= 15 is 0 Å². The van der Waals surface area contributed by atoms with Crippen LogP contribution in [0.2, 0.25) is 0 Å². The molecular weight excluding hydrogens is 378 g/mol. The topological polar surface area (TPSA) is 37.4 Å². The lowest BCUT2D eigenvalue weighted by Crippen LogP contribution is -2.29. The molecule has 4 heteroatoms. The molecule has 1 aliphatic heterocycles. The second kappa shape index (κ2) is 7.72. The van der Waals surface area contributed by atoms with Gasteiger partial charge in [-0.2, -0.15) is 0 Å². The van der Waals surface area contributed by atoms with Crippen LogP contribution >= 0.6 is 0 Å². The van der Waals surface area contributed by atoms with E-state index in [1.165, 1.54) is 4.31 Å². The molecule has 0 bridgehead atoms. The van der Waals surface area contributed by atoms with E-state index in [2.05, 4.69) is 6.58 Å². The summed E-state index contributed by atoms with van der Waals surface area (Å²) >= 11 is 0. The van der Waals surface area contributed by atoms with E-state index in [4.69, 9.17) is 0 Å². The Bertz CT molecular complexity index is 1150. The average Bonchev–Trinajstić information content (AvgIpc) is 3.21. The molecule has 1 heterocycles. The quantitative estimate of drug-likeness (QED) is 0.576. The van der Waals surface area contributed by atoms with Gasteiger partial charge in [-0.25, -0.2) is 8.42 Å². The fraction of sp³-hybridized carbons (Fsp3) is 0.120. The molecule has 1 atom stereocenters. The molecule has 0 N–H and O–H groups in total. The molecule has 0 saturated carbocycles. The molecule has 0 radical (unpaired) electrons. The third-order valence-corrected chi connectivity index (χ3v) is 7.05. The molecule has 0 saturated heterocycles. The molecule has 1 aliphatic rings. The Balaban J connectivity index is 1.76. The van der Waals surface area contributed by atoms with Crippen molar-refractivity contribution >= 4 is 21.3 Å². The van der Waals surface area contributed by atoms with Gasteiger partial charge in [-0.1, -0.05) is 91.0 Å². The number of rotatable bonds is 5. The number of sulfonamides is 1. The molecule has 0 spiro atoms. The van der Waals surface area contributed by atoms with Gasteiger partial charge in [-0.05, 0) is 35.8 Å². The monoisotopic (exact) mass is 401 g/mol. The van der Waals surface area contributed by atoms with Gasteiger partial charge >= 0.3 is 0 Å². The molecule has 0 unspecified atom stereocenters. The van der Waals surface area contributed by atoms with Gasteiger partial charge in [0.25, 0.3) is 10.0 Å². The summed E-state index contributed by atoms with van der Waals surface area (Å²) in [4.78, 5) is 0.302. The van der Waals surface area contributed by atoms with E-state index in [-0.39, 0.29) is 5.92 Å². The van der Waals surface area contributed by atoms with Crippen LogP contribution in [0, 0.1) is 12.8 Å². The van der Waals surface area contributed by atoms with Crippen LogP contribution in [0.4, 0.5) is 0 Å². The molecule has 3 aromatic rings. The summed E-state index contributed by atoms with van der Waals surface area (Å²) in [5.41, 5.74) is 4.55. The van der Waals surface area contributed by atoms with Crippen LogP contribution in [0.25, 0.3) is 11.3 Å². The maximum Gasteiger partial charge on any atom is 0.264 e. The van der Waals surface area contributed by atoms with Crippen LogP contribution in [0.15, 0.2) is 102 Å². The fourth-order valence-electron chi connectivity index (χ4n) is 3.59. The average molecular weight is 402 g/mol. The van der Waals surface area contributed by atoms with Gasteiger partial charge in [0.1, 0.15) is 0 Å². The van der Waals surface area contributed by atoms with Crippen molar-refractivity contribution in [1.29, 1.82) is 0 Å². The van der Waals surface area contributed by atoms with E-state index in [1.807, 2.05) is 85.8 Å². The predicted octanol–water partition coefficient (Wildman–Crippen LogP) is 5.37. The molecular formula is C25H23NO2S. The Morgan fingerprint density at radius 2 is 1.48 bits per heavy atom. The first-order chi connectivity index (χ1) is 14.0. The first-order valence-corrected chi connectivity index (χ1v) is 11.0. The molecule has 3 nitrogen and oxygen atoms in total. The van der Waals surface area contributed by atoms with E-state index in [9.17, 15) is 8.42 Å². The highest BCUT2D eigenvalue weighted by molar-refractivity contribution is 7.89. The first kappa shape index (κ1) is 19.2. The Morgan fingerprint density at radius 3 is 2.10 bits per heavy atom. The molecule has 0 aliphatic carbocycles. The van der Waals surface area contributed by atoms with Crippen LogP contribution in [0.3, 0.4) is 0 Å². The molecule has 3 aromatic carbocycles. The summed E-state index contributed by atoms with van der Waals surface area (Å²) in [6, 6.07) is 26.6. The summed E-state index contributed by atoms with van der Waals surface area (Å²) in [6.45, 7) is 6.56. The van der Waals surface area contributed by atoms with Crippen LogP contribution in [0.1, 0.15) is 16.7 Å². The second-order valence-corrected chi connectivity index (χ2v) is 9.13. The van der Waals surface area contributed by atoms with Crippen molar-refractivity contribution in [3.05, 3.63) is 114 Å². The molecule has 4 rings (SSSR count). The molecule has 146 valence electrons. The number of aryl methyl sites for hydroxylation is 1. The summed E-state index contributed by atoms with van der Waals surface area (Å²) in [6.07, 6.45) is 2.02. The third kappa shape index (κ3) is 3.76. The highest BCUT2D eigenvalue weighted by atomic mass is 32.2. The van der Waals surface area contributed by atoms with Gasteiger partial charge in [0.15, 0.2) is 0 Å². The highest BCUT2D eigenvalue weighted by Gasteiger charge is 2.35. The van der Waals surface area contributed by atoms with E-state index in [0.29, 0.717) is 17.1 Å². The Morgan fingerprint density at radius 1 is 0.897 bits per heavy atom. The van der Waals surface area contributed by atoms with Crippen LogP contribution in [-0.4, -0.2) is 19.3 Å². The number of hydrogen-bond acceptors (Lipinski definition) is 2. The maximum absolute atomic E-state index is 13.5. The normalized spacial score (nSPS) is 16.5. The van der Waals surface area contributed by atoms with Crippen molar-refractivity contribution in [1.82, 2.24) is 4.31 Å². The van der Waals surface area contributed by atoms with E-state index in [1.54, 1.807) is 12.1 Å². The number of nitrogens with zero attached hydrogens (tertiary/aromatic N) is 1. The Labute approximate surface area is 172 Å². The molecule has 0 fully saturated rings. The first-order valence-electron chi connectivity index (χ1n) is 9.58. The summed E-state index contributed by atoms with van der Waals surface area (Å²) in [5.74, 6) is -0.0900. The van der Waals surface area contributed by atoms with Gasteiger partial charge in [-0.15, -0.1) is 0 Å². The number of benzene rings is 3. The van der Waals surface area contributed by atoms with Crippen molar-refractivity contribution in [2.24, 2.45) is 5.92 Å². The minimum atomic E-state index is -3.68. The van der Waals surface area contributed by atoms with Crippen molar-refractivity contribution in [3.8, 4) is 0 Å². The molecule has 0 aromatic heterocycles. The second-order valence-electron chi connectivity index (χ2n) is 7.26. The van der Waals surface area contributed by atoms with Crippen molar-refractivity contribution < 1.29 is 8.42 Å².